The Bertz CT molecular complexity index is 764. The van der Waals surface area contributed by atoms with Gasteiger partial charge in [-0.2, -0.15) is 0 Å². The minimum atomic E-state index is -1.62. The van der Waals surface area contributed by atoms with Crippen LogP contribution < -0.4 is 10.6 Å². The Kier molecular flexibility index (Phi) is 9.47. The van der Waals surface area contributed by atoms with Crippen molar-refractivity contribution in [2.75, 3.05) is 14.2 Å². The zero-order valence-electron chi connectivity index (χ0n) is 17.2. The lowest BCUT2D eigenvalue weighted by atomic mass is 9.87. The van der Waals surface area contributed by atoms with E-state index >= 15 is 0 Å². The van der Waals surface area contributed by atoms with E-state index in [-0.39, 0.29) is 6.42 Å². The van der Waals surface area contributed by atoms with Crippen molar-refractivity contribution in [1.82, 2.24) is 10.6 Å². The fourth-order valence-corrected chi connectivity index (χ4v) is 2.95. The van der Waals surface area contributed by atoms with Crippen LogP contribution in [0.5, 0.6) is 0 Å². The van der Waals surface area contributed by atoms with E-state index in [4.69, 9.17) is 0 Å². The zero-order valence-corrected chi connectivity index (χ0v) is 17.2. The van der Waals surface area contributed by atoms with Crippen LogP contribution in [0.1, 0.15) is 19.4 Å². The largest absolute Gasteiger partial charge is 0.480 e. The van der Waals surface area contributed by atoms with Gasteiger partial charge in [0.15, 0.2) is 5.92 Å². The van der Waals surface area contributed by atoms with Crippen LogP contribution in [0, 0.1) is 11.8 Å². The van der Waals surface area contributed by atoms with E-state index in [9.17, 15) is 29.1 Å². The molecule has 0 aliphatic rings. The summed E-state index contributed by atoms with van der Waals surface area (Å²) in [5, 5.41) is 14.4. The van der Waals surface area contributed by atoms with Gasteiger partial charge in [0.1, 0.15) is 12.1 Å². The van der Waals surface area contributed by atoms with Crippen molar-refractivity contribution in [3.05, 3.63) is 35.9 Å². The molecule has 1 aromatic carbocycles. The van der Waals surface area contributed by atoms with Gasteiger partial charge in [-0.1, -0.05) is 37.3 Å². The number of amides is 2. The molecule has 0 saturated heterocycles. The van der Waals surface area contributed by atoms with Crippen LogP contribution >= 0.6 is 0 Å². The Morgan fingerprint density at radius 1 is 0.967 bits per heavy atom. The summed E-state index contributed by atoms with van der Waals surface area (Å²) < 4.78 is 9.14. The standard InChI is InChI=1S/C20H26N2O8/c1-11(15(19(27)29-3)20(28)30-4)16(18(25)26)22-17(24)14(21-12(2)23)10-13-8-6-5-7-9-13/h5-9,11,14-16H,10H2,1-4H3,(H,21,23)(H,22,24)(H,25,26)/t11-,14-,16+/m1/s1. The summed E-state index contributed by atoms with van der Waals surface area (Å²) in [5.41, 5.74) is 0.744. The summed E-state index contributed by atoms with van der Waals surface area (Å²) in [6.07, 6.45) is 0.115. The summed E-state index contributed by atoms with van der Waals surface area (Å²) in [7, 11) is 2.10. The number of benzene rings is 1. The number of hydrogen-bond acceptors (Lipinski definition) is 7. The van der Waals surface area contributed by atoms with Crippen molar-refractivity contribution >= 4 is 29.7 Å². The summed E-state index contributed by atoms with van der Waals surface area (Å²) in [4.78, 5) is 60.1. The SMILES string of the molecule is COC(=O)C(C(=O)OC)[C@@H](C)[C@H](NC(=O)[C@@H](Cc1ccccc1)NC(C)=O)C(=O)O. The highest BCUT2D eigenvalue weighted by Gasteiger charge is 2.42. The molecule has 0 saturated carbocycles. The van der Waals surface area contributed by atoms with Crippen molar-refractivity contribution in [3.8, 4) is 0 Å². The van der Waals surface area contributed by atoms with Crippen molar-refractivity contribution < 1.29 is 38.6 Å². The quantitative estimate of drug-likeness (QED) is 0.350. The molecule has 3 N–H and O–H groups in total. The average Bonchev–Trinajstić information content (AvgIpc) is 2.71. The van der Waals surface area contributed by atoms with Gasteiger partial charge in [-0.15, -0.1) is 0 Å². The maximum Gasteiger partial charge on any atom is 0.326 e. The number of ether oxygens (including phenoxy) is 2. The fourth-order valence-electron chi connectivity index (χ4n) is 2.95. The third-order valence-corrected chi connectivity index (χ3v) is 4.50. The number of aliphatic carboxylic acids is 1. The highest BCUT2D eigenvalue weighted by atomic mass is 16.5. The second-order valence-corrected chi connectivity index (χ2v) is 6.65. The van der Waals surface area contributed by atoms with Crippen LogP contribution in [0.4, 0.5) is 0 Å². The monoisotopic (exact) mass is 422 g/mol. The second kappa shape index (κ2) is 11.5. The van der Waals surface area contributed by atoms with Crippen LogP contribution in [0.2, 0.25) is 0 Å². The molecule has 0 radical (unpaired) electrons. The van der Waals surface area contributed by atoms with E-state index < -0.39 is 53.6 Å². The molecule has 0 aromatic heterocycles. The maximum atomic E-state index is 12.8. The van der Waals surface area contributed by atoms with Crippen LogP contribution in [0.15, 0.2) is 30.3 Å². The molecular weight excluding hydrogens is 396 g/mol. The van der Waals surface area contributed by atoms with Gasteiger partial charge in [0.25, 0.3) is 0 Å². The van der Waals surface area contributed by atoms with Gasteiger partial charge in [-0.25, -0.2) is 4.79 Å². The van der Waals surface area contributed by atoms with Crippen LogP contribution in [0.25, 0.3) is 0 Å². The molecule has 0 spiro atoms. The average molecular weight is 422 g/mol. The van der Waals surface area contributed by atoms with E-state index in [1.807, 2.05) is 0 Å². The van der Waals surface area contributed by atoms with Gasteiger partial charge >= 0.3 is 17.9 Å². The number of hydrogen-bond donors (Lipinski definition) is 3. The van der Waals surface area contributed by atoms with E-state index in [2.05, 4.69) is 20.1 Å². The Hall–Kier alpha value is -3.43. The normalized spacial score (nSPS) is 13.5. The number of carbonyl (C=O) groups excluding carboxylic acids is 4. The molecule has 0 aliphatic carbocycles. The Balaban J connectivity index is 3.11. The molecule has 2 amide bonds. The van der Waals surface area contributed by atoms with Gasteiger partial charge < -0.3 is 25.2 Å². The first-order valence-electron chi connectivity index (χ1n) is 9.12. The molecule has 164 valence electrons. The lowest BCUT2D eigenvalue weighted by molar-refractivity contribution is -0.163. The number of carboxylic acids is 1. The molecule has 0 bridgehead atoms. The third-order valence-electron chi connectivity index (χ3n) is 4.50. The predicted octanol–water partition coefficient (Wildman–Crippen LogP) is -0.0985. The van der Waals surface area contributed by atoms with E-state index in [0.717, 1.165) is 19.8 Å². The van der Waals surface area contributed by atoms with E-state index in [1.54, 1.807) is 30.3 Å². The van der Waals surface area contributed by atoms with Gasteiger partial charge in [-0.3, -0.25) is 19.2 Å². The molecule has 1 aromatic rings. The second-order valence-electron chi connectivity index (χ2n) is 6.65. The Labute approximate surface area is 173 Å². The minimum absolute atomic E-state index is 0.115. The topological polar surface area (TPSA) is 148 Å². The minimum Gasteiger partial charge on any atom is -0.480 e. The number of carbonyl (C=O) groups is 5. The molecule has 0 unspecified atom stereocenters. The van der Waals surface area contributed by atoms with Gasteiger partial charge in [-0.05, 0) is 5.56 Å². The summed E-state index contributed by atoms with van der Waals surface area (Å²) in [6.45, 7) is 2.54. The molecule has 0 fully saturated rings. The Morgan fingerprint density at radius 3 is 1.93 bits per heavy atom. The van der Waals surface area contributed by atoms with Gasteiger partial charge in [0.05, 0.1) is 14.2 Å². The molecule has 0 aliphatic heterocycles. The van der Waals surface area contributed by atoms with E-state index in [1.165, 1.54) is 13.8 Å². The Morgan fingerprint density at radius 2 is 1.50 bits per heavy atom. The fraction of sp³-hybridized carbons (Fsp3) is 0.450. The number of esters is 2. The molecule has 1 rings (SSSR count). The van der Waals surface area contributed by atoms with Crippen molar-refractivity contribution in [2.24, 2.45) is 11.8 Å². The summed E-state index contributed by atoms with van der Waals surface area (Å²) >= 11 is 0. The summed E-state index contributed by atoms with van der Waals surface area (Å²) in [5.74, 6) is -7.45. The number of carboxylic acid groups (broad SMARTS) is 1. The van der Waals surface area contributed by atoms with Gasteiger partial charge in [0.2, 0.25) is 11.8 Å². The van der Waals surface area contributed by atoms with Crippen molar-refractivity contribution in [3.63, 3.8) is 0 Å². The van der Waals surface area contributed by atoms with E-state index in [0.29, 0.717) is 0 Å². The molecule has 0 heterocycles. The maximum absolute atomic E-state index is 12.8. The highest BCUT2D eigenvalue weighted by Crippen LogP contribution is 2.20. The zero-order chi connectivity index (χ0) is 22.8. The summed E-state index contributed by atoms with van der Waals surface area (Å²) in [6, 6.07) is 6.14. The molecule has 30 heavy (non-hydrogen) atoms. The highest BCUT2D eigenvalue weighted by molar-refractivity contribution is 5.97. The number of methoxy groups -OCH3 is 2. The third kappa shape index (κ3) is 6.87. The molecule has 10 nitrogen and oxygen atoms in total. The predicted molar refractivity (Wildman–Crippen MR) is 104 cm³/mol. The molecular formula is C20H26N2O8. The first-order chi connectivity index (χ1) is 14.1. The van der Waals surface area contributed by atoms with Crippen LogP contribution in [-0.4, -0.2) is 61.1 Å². The first-order valence-corrected chi connectivity index (χ1v) is 9.12. The van der Waals surface area contributed by atoms with Crippen molar-refractivity contribution in [1.29, 1.82) is 0 Å². The molecule has 3 atom stereocenters. The lowest BCUT2D eigenvalue weighted by Gasteiger charge is -2.27. The number of nitrogens with one attached hydrogen (secondary N) is 2. The van der Waals surface area contributed by atoms with Crippen LogP contribution in [0.3, 0.4) is 0 Å². The smallest absolute Gasteiger partial charge is 0.326 e. The number of rotatable bonds is 10. The first kappa shape index (κ1) is 24.6. The van der Waals surface area contributed by atoms with Crippen molar-refractivity contribution in [2.45, 2.75) is 32.4 Å². The van der Waals surface area contributed by atoms with Gasteiger partial charge in [0, 0.05) is 19.3 Å². The van der Waals surface area contributed by atoms with Crippen LogP contribution in [-0.2, 0) is 39.9 Å². The lowest BCUT2D eigenvalue weighted by Crippen LogP contribution is -2.56. The molecule has 10 heteroatoms.